The number of ether oxygens (including phenoxy) is 1. The summed E-state index contributed by atoms with van der Waals surface area (Å²) in [7, 11) is 0. The van der Waals surface area contributed by atoms with Gasteiger partial charge in [-0.05, 0) is 37.1 Å². The van der Waals surface area contributed by atoms with Crippen molar-refractivity contribution in [1.82, 2.24) is 10.2 Å². The number of carbonyl (C=O) groups is 1. The largest absolute Gasteiger partial charge is 0.477 e. The first-order valence-corrected chi connectivity index (χ1v) is 5.97. The molecule has 0 spiro atoms. The predicted molar refractivity (Wildman–Crippen MR) is 70.9 cm³/mol. The summed E-state index contributed by atoms with van der Waals surface area (Å²) in [5, 5.41) is 25.9. The maximum atomic E-state index is 11.3. The van der Waals surface area contributed by atoms with Crippen LogP contribution in [-0.2, 0) is 6.61 Å². The smallest absolute Gasteiger partial charge is 0.341 e. The van der Waals surface area contributed by atoms with E-state index in [0.29, 0.717) is 17.0 Å². The first-order valence-electron chi connectivity index (χ1n) is 5.97. The van der Waals surface area contributed by atoms with E-state index >= 15 is 0 Å². The number of aromatic nitrogens is 2. The summed E-state index contributed by atoms with van der Waals surface area (Å²) >= 11 is 0. The Kier molecular flexibility index (Phi) is 3.95. The maximum Gasteiger partial charge on any atom is 0.341 e. The van der Waals surface area contributed by atoms with E-state index in [4.69, 9.17) is 9.84 Å². The van der Waals surface area contributed by atoms with E-state index in [2.05, 4.69) is 10.2 Å². The Balaban J connectivity index is 2.37. The second kappa shape index (κ2) is 5.66. The molecule has 1 heterocycles. The first-order chi connectivity index (χ1) is 9.52. The number of carboxylic acids is 1. The summed E-state index contributed by atoms with van der Waals surface area (Å²) in [6, 6.07) is 6.64. The minimum atomic E-state index is -1.11. The second-order valence-electron chi connectivity index (χ2n) is 4.30. The lowest BCUT2D eigenvalue weighted by Crippen LogP contribution is -2.08. The number of aryl methyl sites for hydroxylation is 1. The van der Waals surface area contributed by atoms with Crippen molar-refractivity contribution in [3.8, 4) is 11.6 Å². The molecule has 0 aliphatic rings. The van der Waals surface area contributed by atoms with Crippen LogP contribution < -0.4 is 4.74 Å². The molecule has 6 heteroatoms. The average molecular weight is 274 g/mol. The summed E-state index contributed by atoms with van der Waals surface area (Å²) < 4.78 is 5.47. The van der Waals surface area contributed by atoms with Crippen molar-refractivity contribution in [3.63, 3.8) is 0 Å². The zero-order valence-electron chi connectivity index (χ0n) is 11.1. The Bertz CT molecular complexity index is 638. The first kappa shape index (κ1) is 14.0. The lowest BCUT2D eigenvalue weighted by atomic mass is 10.1. The van der Waals surface area contributed by atoms with Gasteiger partial charge in [0.1, 0.15) is 11.3 Å². The van der Waals surface area contributed by atoms with E-state index in [-0.39, 0.29) is 18.1 Å². The van der Waals surface area contributed by atoms with Gasteiger partial charge in [-0.3, -0.25) is 0 Å². The molecule has 1 aromatic carbocycles. The van der Waals surface area contributed by atoms with Crippen LogP contribution in [0.15, 0.2) is 24.3 Å². The van der Waals surface area contributed by atoms with Gasteiger partial charge >= 0.3 is 5.97 Å². The maximum absolute atomic E-state index is 11.3. The van der Waals surface area contributed by atoms with Crippen LogP contribution in [0.4, 0.5) is 0 Å². The number of aliphatic hydroxyl groups excluding tert-OH is 1. The standard InChI is InChI=1S/C14H14N2O4/c1-8-9(2)15-16-13(12(8)14(18)19)20-11-5-3-10(7-17)4-6-11/h3-6,17H,7H2,1-2H3,(H,18,19). The minimum absolute atomic E-state index is 0.00346. The molecule has 0 aliphatic carbocycles. The van der Waals surface area contributed by atoms with Crippen molar-refractivity contribution in [3.05, 3.63) is 46.6 Å². The van der Waals surface area contributed by atoms with Crippen LogP contribution in [0.25, 0.3) is 0 Å². The third-order valence-electron chi connectivity index (χ3n) is 2.96. The molecule has 2 rings (SSSR count). The molecule has 6 nitrogen and oxygen atoms in total. The Hall–Kier alpha value is -2.47. The number of benzene rings is 1. The highest BCUT2D eigenvalue weighted by molar-refractivity contribution is 5.92. The highest BCUT2D eigenvalue weighted by atomic mass is 16.5. The Morgan fingerprint density at radius 3 is 2.40 bits per heavy atom. The molecule has 0 amide bonds. The van der Waals surface area contributed by atoms with E-state index in [9.17, 15) is 9.90 Å². The Morgan fingerprint density at radius 1 is 1.20 bits per heavy atom. The van der Waals surface area contributed by atoms with Gasteiger partial charge in [0.2, 0.25) is 0 Å². The van der Waals surface area contributed by atoms with Gasteiger partial charge in [0, 0.05) is 0 Å². The normalized spacial score (nSPS) is 10.3. The summed E-state index contributed by atoms with van der Waals surface area (Å²) in [5.41, 5.74) is 1.81. The van der Waals surface area contributed by atoms with Crippen LogP contribution in [0.2, 0.25) is 0 Å². The van der Waals surface area contributed by atoms with Crippen LogP contribution in [0.1, 0.15) is 27.2 Å². The lowest BCUT2D eigenvalue weighted by Gasteiger charge is -2.10. The van der Waals surface area contributed by atoms with Gasteiger partial charge in [0.05, 0.1) is 12.3 Å². The fourth-order valence-corrected chi connectivity index (χ4v) is 1.68. The van der Waals surface area contributed by atoms with Crippen LogP contribution in [0.5, 0.6) is 11.6 Å². The number of carboxylic acid groups (broad SMARTS) is 1. The lowest BCUT2D eigenvalue weighted by molar-refractivity contribution is 0.0692. The predicted octanol–water partition coefficient (Wildman–Crippen LogP) is 2.08. The minimum Gasteiger partial charge on any atom is -0.477 e. The molecule has 2 aromatic rings. The molecular formula is C14H14N2O4. The number of hydrogen-bond donors (Lipinski definition) is 2. The molecular weight excluding hydrogens is 260 g/mol. The zero-order chi connectivity index (χ0) is 14.7. The van der Waals surface area contributed by atoms with Crippen molar-refractivity contribution in [2.24, 2.45) is 0 Å². The van der Waals surface area contributed by atoms with E-state index in [0.717, 1.165) is 5.56 Å². The molecule has 1 aromatic heterocycles. The molecule has 0 saturated carbocycles. The molecule has 0 aliphatic heterocycles. The van der Waals surface area contributed by atoms with E-state index in [1.54, 1.807) is 38.1 Å². The van der Waals surface area contributed by atoms with Crippen molar-refractivity contribution in [2.75, 3.05) is 0 Å². The zero-order valence-corrected chi connectivity index (χ0v) is 11.1. The van der Waals surface area contributed by atoms with E-state index in [1.807, 2.05) is 0 Å². The molecule has 0 atom stereocenters. The number of aromatic carboxylic acids is 1. The fraction of sp³-hybridized carbons (Fsp3) is 0.214. The molecule has 0 bridgehead atoms. The van der Waals surface area contributed by atoms with Crippen molar-refractivity contribution in [1.29, 1.82) is 0 Å². The molecule has 104 valence electrons. The van der Waals surface area contributed by atoms with Gasteiger partial charge in [0.25, 0.3) is 5.88 Å². The second-order valence-corrected chi connectivity index (χ2v) is 4.30. The summed E-state index contributed by atoms with van der Waals surface area (Å²) in [4.78, 5) is 11.3. The molecule has 2 N–H and O–H groups in total. The van der Waals surface area contributed by atoms with E-state index in [1.165, 1.54) is 0 Å². The third kappa shape index (κ3) is 2.75. The van der Waals surface area contributed by atoms with Gasteiger partial charge in [-0.25, -0.2) is 4.79 Å². The molecule has 0 saturated heterocycles. The van der Waals surface area contributed by atoms with Crippen LogP contribution >= 0.6 is 0 Å². The molecule has 0 fully saturated rings. The average Bonchev–Trinajstić information content (AvgIpc) is 2.43. The number of hydrogen-bond acceptors (Lipinski definition) is 5. The van der Waals surface area contributed by atoms with Gasteiger partial charge in [0.15, 0.2) is 0 Å². The highest BCUT2D eigenvalue weighted by Crippen LogP contribution is 2.26. The summed E-state index contributed by atoms with van der Waals surface area (Å²) in [6.45, 7) is 3.29. The summed E-state index contributed by atoms with van der Waals surface area (Å²) in [5.74, 6) is -0.720. The Morgan fingerprint density at radius 2 is 1.85 bits per heavy atom. The fourth-order valence-electron chi connectivity index (χ4n) is 1.68. The third-order valence-corrected chi connectivity index (χ3v) is 2.96. The number of nitrogens with zero attached hydrogens (tertiary/aromatic N) is 2. The monoisotopic (exact) mass is 274 g/mol. The van der Waals surface area contributed by atoms with Gasteiger partial charge in [-0.15, -0.1) is 5.10 Å². The molecule has 20 heavy (non-hydrogen) atoms. The topological polar surface area (TPSA) is 92.5 Å². The van der Waals surface area contributed by atoms with Crippen LogP contribution in [0.3, 0.4) is 0 Å². The van der Waals surface area contributed by atoms with Gasteiger partial charge in [-0.1, -0.05) is 12.1 Å². The number of rotatable bonds is 4. The van der Waals surface area contributed by atoms with Crippen LogP contribution in [0, 0.1) is 13.8 Å². The highest BCUT2D eigenvalue weighted by Gasteiger charge is 2.19. The van der Waals surface area contributed by atoms with Gasteiger partial charge < -0.3 is 14.9 Å². The Labute approximate surface area is 115 Å². The van der Waals surface area contributed by atoms with Crippen molar-refractivity contribution >= 4 is 5.97 Å². The van der Waals surface area contributed by atoms with Crippen molar-refractivity contribution in [2.45, 2.75) is 20.5 Å². The quantitative estimate of drug-likeness (QED) is 0.886. The van der Waals surface area contributed by atoms with E-state index < -0.39 is 5.97 Å². The summed E-state index contributed by atoms with van der Waals surface area (Å²) in [6.07, 6.45) is 0. The van der Waals surface area contributed by atoms with Crippen LogP contribution in [-0.4, -0.2) is 26.4 Å². The SMILES string of the molecule is Cc1nnc(Oc2ccc(CO)cc2)c(C(=O)O)c1C. The van der Waals surface area contributed by atoms with Crippen molar-refractivity contribution < 1.29 is 19.7 Å². The van der Waals surface area contributed by atoms with Gasteiger partial charge in [-0.2, -0.15) is 5.10 Å². The number of aliphatic hydroxyl groups is 1. The molecule has 0 radical (unpaired) electrons. The molecule has 0 unspecified atom stereocenters.